The number of likely N-dealkylation sites (tertiary alicyclic amines) is 1. The molecule has 1 aromatic heterocycles. The summed E-state index contributed by atoms with van der Waals surface area (Å²) in [5, 5.41) is 12.7. The SMILES string of the molecule is Cc1ccc(OCc2ccc(C(=O)N3CCC3)cc2C)c(-c2csc(N3C[C@H]4CC[C@@H](C3)C4C(=O)O)n2)c1. The highest BCUT2D eigenvalue weighted by atomic mass is 32.1. The molecule has 2 saturated heterocycles. The summed E-state index contributed by atoms with van der Waals surface area (Å²) in [5.74, 6) is 0.420. The van der Waals surface area contributed by atoms with Gasteiger partial charge in [-0.25, -0.2) is 4.98 Å². The highest BCUT2D eigenvalue weighted by Crippen LogP contribution is 2.44. The Kier molecular flexibility index (Phi) is 6.60. The van der Waals surface area contributed by atoms with E-state index in [4.69, 9.17) is 9.72 Å². The van der Waals surface area contributed by atoms with Gasteiger partial charge in [-0.05, 0) is 80.3 Å². The second-order valence-corrected chi connectivity index (χ2v) is 11.8. The fourth-order valence-corrected chi connectivity index (χ4v) is 6.98. The summed E-state index contributed by atoms with van der Waals surface area (Å²) in [4.78, 5) is 33.4. The number of piperidine rings is 1. The number of hydrogen-bond donors (Lipinski definition) is 1. The number of benzene rings is 2. The molecule has 2 aromatic carbocycles. The van der Waals surface area contributed by atoms with Gasteiger partial charge in [0, 0.05) is 42.7 Å². The van der Waals surface area contributed by atoms with E-state index < -0.39 is 5.97 Å². The van der Waals surface area contributed by atoms with Crippen molar-refractivity contribution in [1.82, 2.24) is 9.88 Å². The van der Waals surface area contributed by atoms with E-state index in [2.05, 4.69) is 23.3 Å². The Morgan fingerprint density at radius 1 is 1.08 bits per heavy atom. The third-order valence-electron chi connectivity index (χ3n) is 8.41. The lowest BCUT2D eigenvalue weighted by Gasteiger charge is -2.35. The van der Waals surface area contributed by atoms with Crippen LogP contribution in [0.4, 0.5) is 5.13 Å². The number of nitrogens with zero attached hydrogens (tertiary/aromatic N) is 3. The maximum atomic E-state index is 12.6. The first-order valence-electron chi connectivity index (χ1n) is 13.4. The average Bonchev–Trinajstić information content (AvgIpc) is 3.45. The Balaban J connectivity index is 1.18. The Labute approximate surface area is 227 Å². The van der Waals surface area contributed by atoms with Gasteiger partial charge in [-0.1, -0.05) is 17.7 Å². The Morgan fingerprint density at radius 2 is 1.84 bits per heavy atom. The monoisotopic (exact) mass is 531 g/mol. The molecule has 2 bridgehead atoms. The predicted octanol–water partition coefficient (Wildman–Crippen LogP) is 5.40. The molecule has 3 fully saturated rings. The number of carboxylic acids is 1. The lowest BCUT2D eigenvalue weighted by atomic mass is 9.85. The number of aromatic nitrogens is 1. The molecule has 1 N–H and O–H groups in total. The van der Waals surface area contributed by atoms with Gasteiger partial charge in [0.05, 0.1) is 11.6 Å². The fourth-order valence-electron chi connectivity index (χ4n) is 6.13. The minimum Gasteiger partial charge on any atom is -0.488 e. The summed E-state index contributed by atoms with van der Waals surface area (Å²) in [5.41, 5.74) is 5.79. The van der Waals surface area contributed by atoms with E-state index in [1.807, 2.05) is 42.2 Å². The molecule has 3 aromatic rings. The first-order chi connectivity index (χ1) is 18.4. The molecule has 198 valence electrons. The molecule has 8 heteroatoms. The van der Waals surface area contributed by atoms with Crippen LogP contribution in [0.2, 0.25) is 0 Å². The van der Waals surface area contributed by atoms with Crippen molar-refractivity contribution in [2.75, 3.05) is 31.1 Å². The molecule has 1 aliphatic carbocycles. The topological polar surface area (TPSA) is 83.0 Å². The third-order valence-corrected chi connectivity index (χ3v) is 9.31. The van der Waals surface area contributed by atoms with Gasteiger partial charge >= 0.3 is 5.97 Å². The third kappa shape index (κ3) is 4.66. The van der Waals surface area contributed by atoms with E-state index in [1.165, 1.54) is 0 Å². The van der Waals surface area contributed by atoms with E-state index in [0.29, 0.717) is 6.61 Å². The van der Waals surface area contributed by atoms with Gasteiger partial charge < -0.3 is 19.6 Å². The summed E-state index contributed by atoms with van der Waals surface area (Å²) < 4.78 is 6.32. The molecule has 1 saturated carbocycles. The molecule has 3 atom stereocenters. The molecule has 1 unspecified atom stereocenters. The van der Waals surface area contributed by atoms with Gasteiger partial charge in [0.1, 0.15) is 12.4 Å². The van der Waals surface area contributed by atoms with Crippen molar-refractivity contribution < 1.29 is 19.4 Å². The zero-order valence-electron chi connectivity index (χ0n) is 21.9. The minimum atomic E-state index is -0.647. The van der Waals surface area contributed by atoms with Crippen LogP contribution in [0.25, 0.3) is 11.3 Å². The molecule has 3 heterocycles. The minimum absolute atomic E-state index is 0.104. The van der Waals surface area contributed by atoms with Gasteiger partial charge in [0.2, 0.25) is 0 Å². The maximum Gasteiger partial charge on any atom is 0.307 e. The molecule has 38 heavy (non-hydrogen) atoms. The quantitative estimate of drug-likeness (QED) is 0.440. The maximum absolute atomic E-state index is 12.6. The van der Waals surface area contributed by atoms with E-state index in [1.54, 1.807) is 11.3 Å². The molecule has 6 rings (SSSR count). The standard InChI is InChI=1S/C30H33N3O4S/c1-18-4-9-26(37-16-23-8-5-20(13-19(23)2)28(34)32-10-3-11-32)24(12-18)25-17-38-30(31-25)33-14-21-6-7-22(15-33)27(21)29(35)36/h4-5,8-9,12-13,17,21-22,27H,3,6-7,10-11,14-16H2,1-2H3,(H,35,36)/t21-,22+,27?. The first kappa shape index (κ1) is 24.9. The van der Waals surface area contributed by atoms with Crippen LogP contribution in [-0.2, 0) is 11.4 Å². The Bertz CT molecular complexity index is 1370. The van der Waals surface area contributed by atoms with Crippen LogP contribution in [0.5, 0.6) is 5.75 Å². The van der Waals surface area contributed by atoms with Crippen LogP contribution in [0, 0.1) is 31.6 Å². The van der Waals surface area contributed by atoms with Crippen molar-refractivity contribution >= 4 is 28.3 Å². The van der Waals surface area contributed by atoms with E-state index in [-0.39, 0.29) is 23.7 Å². The van der Waals surface area contributed by atoms with Crippen molar-refractivity contribution in [3.63, 3.8) is 0 Å². The summed E-state index contributed by atoms with van der Waals surface area (Å²) in [7, 11) is 0. The van der Waals surface area contributed by atoms with Gasteiger partial charge in [0.25, 0.3) is 5.91 Å². The summed E-state index contributed by atoms with van der Waals surface area (Å²) in [6.45, 7) is 7.70. The molecule has 3 aliphatic rings. The van der Waals surface area contributed by atoms with Crippen LogP contribution in [0.3, 0.4) is 0 Å². The van der Waals surface area contributed by atoms with Crippen molar-refractivity contribution in [3.05, 3.63) is 64.0 Å². The van der Waals surface area contributed by atoms with Gasteiger partial charge in [-0.3, -0.25) is 9.59 Å². The van der Waals surface area contributed by atoms with E-state index in [9.17, 15) is 14.7 Å². The fraction of sp³-hybridized carbons (Fsp3) is 0.433. The lowest BCUT2D eigenvalue weighted by Crippen LogP contribution is -2.44. The number of fused-ring (bicyclic) bond motifs is 2. The van der Waals surface area contributed by atoms with Crippen LogP contribution >= 0.6 is 11.3 Å². The molecule has 0 spiro atoms. The number of amides is 1. The highest BCUT2D eigenvalue weighted by molar-refractivity contribution is 7.14. The summed E-state index contributed by atoms with van der Waals surface area (Å²) in [6.07, 6.45) is 3.05. The second kappa shape index (κ2) is 10.1. The number of ether oxygens (including phenoxy) is 1. The smallest absolute Gasteiger partial charge is 0.307 e. The lowest BCUT2D eigenvalue weighted by molar-refractivity contribution is -0.144. The van der Waals surface area contributed by atoms with Crippen molar-refractivity contribution in [1.29, 1.82) is 0 Å². The highest BCUT2D eigenvalue weighted by Gasteiger charge is 2.46. The molecule has 1 amide bonds. The number of rotatable bonds is 7. The van der Waals surface area contributed by atoms with Crippen LogP contribution in [-0.4, -0.2) is 53.0 Å². The molecular formula is C30H33N3O4S. The predicted molar refractivity (Wildman–Crippen MR) is 148 cm³/mol. The second-order valence-electron chi connectivity index (χ2n) is 11.0. The number of carboxylic acid groups (broad SMARTS) is 1. The average molecular weight is 532 g/mol. The zero-order valence-corrected chi connectivity index (χ0v) is 22.7. The molecular weight excluding hydrogens is 498 g/mol. The number of hydrogen-bond acceptors (Lipinski definition) is 6. The van der Waals surface area contributed by atoms with E-state index >= 15 is 0 Å². The normalized spacial score (nSPS) is 22.3. The van der Waals surface area contributed by atoms with Crippen LogP contribution < -0.4 is 9.64 Å². The van der Waals surface area contributed by atoms with Crippen LogP contribution in [0.15, 0.2) is 41.8 Å². The van der Waals surface area contributed by atoms with Gasteiger partial charge in [-0.15, -0.1) is 11.3 Å². The number of aliphatic carboxylic acids is 1. The zero-order chi connectivity index (χ0) is 26.4. The van der Waals surface area contributed by atoms with Gasteiger partial charge in [0.15, 0.2) is 5.13 Å². The van der Waals surface area contributed by atoms with Gasteiger partial charge in [-0.2, -0.15) is 0 Å². The summed E-state index contributed by atoms with van der Waals surface area (Å²) >= 11 is 1.61. The number of carbonyl (C=O) groups excluding carboxylic acids is 1. The Morgan fingerprint density at radius 3 is 2.50 bits per heavy atom. The molecule has 0 radical (unpaired) electrons. The van der Waals surface area contributed by atoms with Crippen LogP contribution in [0.1, 0.15) is 46.3 Å². The Hall–Kier alpha value is -3.39. The molecule has 2 aliphatic heterocycles. The van der Waals surface area contributed by atoms with Crippen molar-refractivity contribution in [3.8, 4) is 17.0 Å². The van der Waals surface area contributed by atoms with Crippen molar-refractivity contribution in [2.45, 2.75) is 39.7 Å². The number of anilines is 1. The summed E-state index contributed by atoms with van der Waals surface area (Å²) in [6, 6.07) is 12.0. The number of carbonyl (C=O) groups is 2. The largest absolute Gasteiger partial charge is 0.488 e. The van der Waals surface area contributed by atoms with Crippen molar-refractivity contribution in [2.24, 2.45) is 17.8 Å². The van der Waals surface area contributed by atoms with E-state index in [0.717, 1.165) is 89.8 Å². The number of thiazole rings is 1. The molecule has 7 nitrogen and oxygen atoms in total. The number of aryl methyl sites for hydroxylation is 2. The first-order valence-corrected chi connectivity index (χ1v) is 14.3.